The van der Waals surface area contributed by atoms with Crippen molar-refractivity contribution in [1.29, 1.82) is 0 Å². The van der Waals surface area contributed by atoms with Crippen molar-refractivity contribution in [3.8, 4) is 0 Å². The summed E-state index contributed by atoms with van der Waals surface area (Å²) in [6, 6.07) is 1.03. The predicted molar refractivity (Wildman–Crippen MR) is 194 cm³/mol. The van der Waals surface area contributed by atoms with Gasteiger partial charge in [-0.3, -0.25) is 29.0 Å². The molecule has 0 unspecified atom stereocenters. The molecule has 0 fully saturated rings. The smallest absolute Gasteiger partial charge is 0.326 e. The number of carbonyl (C=O) groups excluding carboxylic acids is 4. The standard InChI is InChI=1S/C34H49N11O8/c1-3-18(2)28(32(51)44-26(33(52)53)14-20-16-38-17-41-20)45-31(50)25(13-19-15-40-23-8-5-4-7-21(19)23)43-30(49)24(9-6-12-39-34(36)37)42-29(48)22(35)10-11-27(46)47/h4-5,7-8,15-18,22,24-26,28,40H,3,6,9-14,35H2,1-2H3,(H,38,41)(H,42,48)(H,43,49)(H,44,51)(H,45,50)(H,46,47)(H,52,53)(H4,36,37,39)/t18-,22-,24-,25-,26-,28-/m0/s1. The van der Waals surface area contributed by atoms with E-state index in [2.05, 4.69) is 41.2 Å². The van der Waals surface area contributed by atoms with Crippen LogP contribution in [0.5, 0.6) is 0 Å². The Labute approximate surface area is 305 Å². The molecule has 0 spiro atoms. The number of hydrogen-bond donors (Lipinski definition) is 11. The lowest BCUT2D eigenvalue weighted by Gasteiger charge is -2.28. The summed E-state index contributed by atoms with van der Waals surface area (Å²) in [7, 11) is 0. The highest BCUT2D eigenvalue weighted by molar-refractivity contribution is 5.96. The van der Waals surface area contributed by atoms with E-state index in [1.165, 1.54) is 12.5 Å². The average molecular weight is 740 g/mol. The fraction of sp³-hybridized carbons (Fsp3) is 0.471. The van der Waals surface area contributed by atoms with Crippen LogP contribution in [0, 0.1) is 5.92 Å². The van der Waals surface area contributed by atoms with Gasteiger partial charge in [-0.15, -0.1) is 0 Å². The maximum Gasteiger partial charge on any atom is 0.326 e. The SMILES string of the molecule is CC[C@H](C)[C@H](NC(=O)[C@H](Cc1c[nH]c2ccccc12)NC(=O)[C@H](CCCN=C(N)N)NC(=O)[C@@H](N)CCC(=O)O)C(=O)N[C@@H](Cc1cnc[nH]1)C(=O)O. The molecular formula is C34H49N11O8. The second-order valence-electron chi connectivity index (χ2n) is 12.7. The summed E-state index contributed by atoms with van der Waals surface area (Å²) < 4.78 is 0. The van der Waals surface area contributed by atoms with Crippen LogP contribution in [0.3, 0.4) is 0 Å². The molecule has 0 saturated heterocycles. The van der Waals surface area contributed by atoms with Crippen molar-refractivity contribution in [1.82, 2.24) is 36.2 Å². The van der Waals surface area contributed by atoms with Crippen molar-refractivity contribution >= 4 is 52.4 Å². The van der Waals surface area contributed by atoms with E-state index in [-0.39, 0.29) is 51.0 Å². The predicted octanol–water partition coefficient (Wildman–Crippen LogP) is -1.01. The van der Waals surface area contributed by atoms with Gasteiger partial charge in [0.15, 0.2) is 5.96 Å². The Kier molecular flexibility index (Phi) is 15.8. The fourth-order valence-corrected chi connectivity index (χ4v) is 5.50. The van der Waals surface area contributed by atoms with Gasteiger partial charge >= 0.3 is 11.9 Å². The summed E-state index contributed by atoms with van der Waals surface area (Å²) in [4.78, 5) is 91.4. The van der Waals surface area contributed by atoms with Gasteiger partial charge in [0.2, 0.25) is 23.6 Å². The maximum atomic E-state index is 14.1. The van der Waals surface area contributed by atoms with Crippen molar-refractivity contribution < 1.29 is 39.0 Å². The van der Waals surface area contributed by atoms with E-state index in [9.17, 15) is 33.9 Å². The second kappa shape index (κ2) is 20.2. The Hall–Kier alpha value is -5.98. The van der Waals surface area contributed by atoms with E-state index in [1.54, 1.807) is 20.0 Å². The van der Waals surface area contributed by atoms with Gasteiger partial charge in [0.05, 0.1) is 12.4 Å². The average Bonchev–Trinajstić information content (AvgIpc) is 3.79. The third-order valence-corrected chi connectivity index (χ3v) is 8.70. The lowest BCUT2D eigenvalue weighted by atomic mass is 9.96. The number of para-hydroxylation sites is 1. The number of nitrogens with two attached hydrogens (primary N) is 3. The molecule has 6 atom stereocenters. The number of guanidine groups is 1. The second-order valence-corrected chi connectivity index (χ2v) is 12.7. The Balaban J connectivity index is 1.90. The molecule has 53 heavy (non-hydrogen) atoms. The zero-order valence-corrected chi connectivity index (χ0v) is 29.6. The van der Waals surface area contributed by atoms with Crippen LogP contribution < -0.4 is 38.5 Å². The highest BCUT2D eigenvalue weighted by Gasteiger charge is 2.34. The first-order valence-electron chi connectivity index (χ1n) is 17.2. The van der Waals surface area contributed by atoms with E-state index in [4.69, 9.17) is 22.3 Å². The number of nitrogens with one attached hydrogen (secondary N) is 6. The number of aromatic amines is 2. The molecule has 0 aliphatic carbocycles. The van der Waals surface area contributed by atoms with E-state index in [1.807, 2.05) is 24.3 Å². The van der Waals surface area contributed by atoms with E-state index in [0.717, 1.165) is 10.9 Å². The van der Waals surface area contributed by atoms with Crippen molar-refractivity contribution in [3.63, 3.8) is 0 Å². The van der Waals surface area contributed by atoms with Gasteiger partial charge in [-0.2, -0.15) is 0 Å². The number of aliphatic imine (C=N–C) groups is 1. The Morgan fingerprint density at radius 2 is 1.55 bits per heavy atom. The molecule has 288 valence electrons. The third-order valence-electron chi connectivity index (χ3n) is 8.70. The summed E-state index contributed by atoms with van der Waals surface area (Å²) in [5.74, 6) is -6.08. The zero-order valence-electron chi connectivity index (χ0n) is 29.6. The van der Waals surface area contributed by atoms with Gasteiger partial charge in [0.25, 0.3) is 0 Å². The van der Waals surface area contributed by atoms with Crippen LogP contribution in [-0.4, -0.2) is 103 Å². The highest BCUT2D eigenvalue weighted by atomic mass is 16.4. The molecule has 0 bridgehead atoms. The van der Waals surface area contributed by atoms with Crippen LogP contribution in [0.2, 0.25) is 0 Å². The highest BCUT2D eigenvalue weighted by Crippen LogP contribution is 2.20. The molecular weight excluding hydrogens is 690 g/mol. The number of carboxylic acid groups (broad SMARTS) is 2. The quantitative estimate of drug-likeness (QED) is 0.0336. The normalized spacial score (nSPS) is 14.5. The molecule has 19 nitrogen and oxygen atoms in total. The zero-order chi connectivity index (χ0) is 39.1. The molecule has 4 amide bonds. The molecule has 1 aromatic carbocycles. The number of aliphatic carboxylic acids is 2. The number of H-pyrrole nitrogens is 2. The minimum absolute atomic E-state index is 0.0201. The number of carbonyl (C=O) groups is 6. The van der Waals surface area contributed by atoms with Crippen LogP contribution in [0.25, 0.3) is 10.9 Å². The van der Waals surface area contributed by atoms with Gasteiger partial charge in [-0.1, -0.05) is 38.5 Å². The largest absolute Gasteiger partial charge is 0.481 e. The number of amides is 4. The maximum absolute atomic E-state index is 14.1. The first kappa shape index (κ1) is 41.4. The summed E-state index contributed by atoms with van der Waals surface area (Å²) >= 11 is 0. The Morgan fingerprint density at radius 3 is 2.19 bits per heavy atom. The molecule has 3 aromatic rings. The monoisotopic (exact) mass is 739 g/mol. The van der Waals surface area contributed by atoms with E-state index in [0.29, 0.717) is 17.7 Å². The summed E-state index contributed by atoms with van der Waals surface area (Å²) in [6.07, 6.45) is 4.52. The first-order chi connectivity index (χ1) is 25.2. The van der Waals surface area contributed by atoms with Crippen molar-refractivity contribution in [2.24, 2.45) is 28.1 Å². The van der Waals surface area contributed by atoms with Gasteiger partial charge in [-0.25, -0.2) is 9.78 Å². The number of carboxylic acids is 2. The van der Waals surface area contributed by atoms with Crippen molar-refractivity contribution in [3.05, 3.63) is 54.2 Å². The first-order valence-corrected chi connectivity index (χ1v) is 17.2. The molecule has 0 aliphatic heterocycles. The van der Waals surface area contributed by atoms with Crippen LogP contribution in [0.1, 0.15) is 57.2 Å². The Bertz CT molecular complexity index is 1740. The van der Waals surface area contributed by atoms with Crippen molar-refractivity contribution in [2.45, 2.75) is 89.0 Å². The van der Waals surface area contributed by atoms with Gasteiger partial charge in [0.1, 0.15) is 24.2 Å². The van der Waals surface area contributed by atoms with E-state index < -0.39 is 71.7 Å². The number of rotatable bonds is 22. The lowest BCUT2D eigenvalue weighted by molar-refractivity contribution is -0.142. The number of fused-ring (bicyclic) bond motifs is 1. The number of imidazole rings is 1. The van der Waals surface area contributed by atoms with Crippen LogP contribution in [0.15, 0.2) is 48.0 Å². The molecule has 3 rings (SSSR count). The third kappa shape index (κ3) is 12.9. The van der Waals surface area contributed by atoms with E-state index >= 15 is 0 Å². The summed E-state index contributed by atoms with van der Waals surface area (Å²) in [5, 5.41) is 30.1. The number of nitrogens with zero attached hydrogens (tertiary/aromatic N) is 2. The van der Waals surface area contributed by atoms with Crippen LogP contribution in [-0.2, 0) is 41.6 Å². The number of benzene rings is 1. The minimum atomic E-state index is -1.33. The molecule has 19 heteroatoms. The van der Waals surface area contributed by atoms with Gasteiger partial charge < -0.3 is 58.6 Å². The topological polar surface area (TPSA) is 326 Å². The molecule has 2 aromatic heterocycles. The molecule has 14 N–H and O–H groups in total. The summed E-state index contributed by atoms with van der Waals surface area (Å²) in [6.45, 7) is 3.65. The minimum Gasteiger partial charge on any atom is -0.481 e. The molecule has 0 radical (unpaired) electrons. The number of aromatic nitrogens is 3. The van der Waals surface area contributed by atoms with Crippen molar-refractivity contribution in [2.75, 3.05) is 6.54 Å². The molecule has 0 saturated carbocycles. The van der Waals surface area contributed by atoms with Gasteiger partial charge in [0, 0.05) is 54.8 Å². The Morgan fingerprint density at radius 1 is 0.868 bits per heavy atom. The van der Waals surface area contributed by atoms with Crippen LogP contribution in [0.4, 0.5) is 0 Å². The number of hydrogen-bond acceptors (Lipinski definition) is 9. The molecule has 0 aliphatic rings. The fourth-order valence-electron chi connectivity index (χ4n) is 5.50. The summed E-state index contributed by atoms with van der Waals surface area (Å²) in [5.41, 5.74) is 18.7. The lowest BCUT2D eigenvalue weighted by Crippen LogP contribution is -2.60. The van der Waals surface area contributed by atoms with Crippen LogP contribution >= 0.6 is 0 Å². The molecule has 2 heterocycles. The van der Waals surface area contributed by atoms with Gasteiger partial charge in [-0.05, 0) is 36.8 Å².